The van der Waals surface area contributed by atoms with Gasteiger partial charge in [0.05, 0.1) is 5.56 Å². The average Bonchev–Trinajstić information content (AvgIpc) is 2.54. The lowest BCUT2D eigenvalue weighted by molar-refractivity contribution is -0.140. The normalized spacial score (nSPS) is 13.3. The molecule has 3 N–H and O–H groups in total. The van der Waals surface area contributed by atoms with Gasteiger partial charge in [0.2, 0.25) is 0 Å². The monoisotopic (exact) mass is 369 g/mol. The minimum atomic E-state index is -0.947. The SMILES string of the molecule is CCC(C)C(NCc1c(O)ccc2c(C)c(C)c(=O)oc12)C(=O)O.Cl. The van der Waals surface area contributed by atoms with Crippen LogP contribution >= 0.6 is 12.4 Å². The molecule has 0 aliphatic carbocycles. The van der Waals surface area contributed by atoms with Gasteiger partial charge >= 0.3 is 11.6 Å². The largest absolute Gasteiger partial charge is 0.507 e. The van der Waals surface area contributed by atoms with Gasteiger partial charge in [0, 0.05) is 17.5 Å². The molecule has 138 valence electrons. The Morgan fingerprint density at radius 2 is 1.92 bits per heavy atom. The van der Waals surface area contributed by atoms with E-state index < -0.39 is 17.6 Å². The highest BCUT2D eigenvalue weighted by Crippen LogP contribution is 2.29. The Balaban J connectivity index is 0.00000312. The van der Waals surface area contributed by atoms with E-state index in [1.165, 1.54) is 6.07 Å². The Morgan fingerprint density at radius 1 is 1.28 bits per heavy atom. The van der Waals surface area contributed by atoms with Gasteiger partial charge in [-0.3, -0.25) is 10.1 Å². The van der Waals surface area contributed by atoms with Crippen LogP contribution in [0.5, 0.6) is 5.75 Å². The molecule has 1 aromatic carbocycles. The lowest BCUT2D eigenvalue weighted by Crippen LogP contribution is -2.41. The number of aryl methyl sites for hydroxylation is 1. The first-order valence-corrected chi connectivity index (χ1v) is 7.98. The maximum Gasteiger partial charge on any atom is 0.339 e. The zero-order chi connectivity index (χ0) is 18.0. The lowest BCUT2D eigenvalue weighted by Gasteiger charge is -2.21. The molecule has 1 aromatic heterocycles. The number of carboxylic acid groups (broad SMARTS) is 1. The van der Waals surface area contributed by atoms with E-state index in [-0.39, 0.29) is 30.6 Å². The Morgan fingerprint density at radius 3 is 2.48 bits per heavy atom. The number of carbonyl (C=O) groups is 1. The van der Waals surface area contributed by atoms with Crippen LogP contribution in [0.4, 0.5) is 0 Å². The molecule has 0 aliphatic rings. The van der Waals surface area contributed by atoms with Gasteiger partial charge in [-0.1, -0.05) is 20.3 Å². The van der Waals surface area contributed by atoms with Crippen LogP contribution in [0.25, 0.3) is 11.0 Å². The smallest absolute Gasteiger partial charge is 0.339 e. The number of halogens is 1. The fourth-order valence-electron chi connectivity index (χ4n) is 2.70. The zero-order valence-corrected chi connectivity index (χ0v) is 15.6. The third kappa shape index (κ3) is 4.14. The Labute approximate surface area is 152 Å². The third-order valence-electron chi connectivity index (χ3n) is 4.68. The van der Waals surface area contributed by atoms with E-state index in [1.807, 2.05) is 20.8 Å². The summed E-state index contributed by atoms with van der Waals surface area (Å²) in [5.74, 6) is -1.05. The molecule has 7 heteroatoms. The standard InChI is InChI=1S/C18H23NO5.ClH/c1-5-9(2)15(17(21)22)19-8-13-14(20)7-6-12-10(3)11(4)18(23)24-16(12)13;/h6-7,9,15,19-20H,5,8H2,1-4H3,(H,21,22);1H. The summed E-state index contributed by atoms with van der Waals surface area (Å²) in [5.41, 5.74) is 1.55. The minimum Gasteiger partial charge on any atom is -0.507 e. The van der Waals surface area contributed by atoms with E-state index in [4.69, 9.17) is 4.42 Å². The molecule has 2 unspecified atom stereocenters. The first kappa shape index (κ1) is 21.0. The van der Waals surface area contributed by atoms with Crippen molar-refractivity contribution in [2.75, 3.05) is 0 Å². The number of benzene rings is 1. The predicted molar refractivity (Wildman–Crippen MR) is 98.6 cm³/mol. The molecule has 0 saturated heterocycles. The second-order valence-electron chi connectivity index (χ2n) is 6.16. The molecular weight excluding hydrogens is 346 g/mol. The zero-order valence-electron chi connectivity index (χ0n) is 14.8. The number of fused-ring (bicyclic) bond motifs is 1. The highest BCUT2D eigenvalue weighted by Gasteiger charge is 2.24. The Kier molecular flexibility index (Phi) is 7.02. The van der Waals surface area contributed by atoms with E-state index in [1.54, 1.807) is 13.0 Å². The molecule has 0 fully saturated rings. The number of hydrogen-bond acceptors (Lipinski definition) is 5. The summed E-state index contributed by atoms with van der Waals surface area (Å²) >= 11 is 0. The summed E-state index contributed by atoms with van der Waals surface area (Å²) in [6, 6.07) is 2.48. The van der Waals surface area contributed by atoms with E-state index in [0.717, 1.165) is 10.9 Å². The van der Waals surface area contributed by atoms with Crippen molar-refractivity contribution < 1.29 is 19.4 Å². The van der Waals surface area contributed by atoms with Gasteiger partial charge in [-0.05, 0) is 37.5 Å². The summed E-state index contributed by atoms with van der Waals surface area (Å²) in [5, 5.41) is 23.2. The number of aromatic hydroxyl groups is 1. The number of phenolic OH excluding ortho intramolecular Hbond substituents is 1. The molecule has 6 nitrogen and oxygen atoms in total. The van der Waals surface area contributed by atoms with Crippen molar-refractivity contribution in [2.45, 2.75) is 46.7 Å². The van der Waals surface area contributed by atoms with Crippen molar-refractivity contribution in [3.8, 4) is 5.75 Å². The van der Waals surface area contributed by atoms with Gasteiger partial charge in [-0.15, -0.1) is 12.4 Å². The fourth-order valence-corrected chi connectivity index (χ4v) is 2.70. The first-order chi connectivity index (χ1) is 11.3. The fraction of sp³-hybridized carbons (Fsp3) is 0.444. The number of aliphatic carboxylic acids is 1. The van der Waals surface area contributed by atoms with Crippen LogP contribution in [0, 0.1) is 19.8 Å². The first-order valence-electron chi connectivity index (χ1n) is 7.98. The van der Waals surface area contributed by atoms with Crippen LogP contribution < -0.4 is 10.9 Å². The molecule has 2 aromatic rings. The van der Waals surface area contributed by atoms with Crippen molar-refractivity contribution in [2.24, 2.45) is 5.92 Å². The Hall–Kier alpha value is -2.05. The molecule has 0 radical (unpaired) electrons. The van der Waals surface area contributed by atoms with Crippen molar-refractivity contribution in [1.82, 2.24) is 5.32 Å². The van der Waals surface area contributed by atoms with Gasteiger partial charge in [-0.25, -0.2) is 4.79 Å². The van der Waals surface area contributed by atoms with Crippen LogP contribution in [0.2, 0.25) is 0 Å². The van der Waals surface area contributed by atoms with E-state index >= 15 is 0 Å². The van der Waals surface area contributed by atoms with E-state index in [0.29, 0.717) is 23.1 Å². The van der Waals surface area contributed by atoms with Gasteiger partial charge in [-0.2, -0.15) is 0 Å². The molecule has 2 rings (SSSR count). The van der Waals surface area contributed by atoms with Crippen LogP contribution in [0.3, 0.4) is 0 Å². The quantitative estimate of drug-likeness (QED) is 0.676. The predicted octanol–water partition coefficient (Wildman–Crippen LogP) is 3.13. The second kappa shape index (κ2) is 8.36. The molecule has 0 bridgehead atoms. The second-order valence-corrected chi connectivity index (χ2v) is 6.16. The van der Waals surface area contributed by atoms with Crippen LogP contribution in [-0.4, -0.2) is 22.2 Å². The molecule has 0 spiro atoms. The molecule has 0 saturated carbocycles. The van der Waals surface area contributed by atoms with Crippen LogP contribution in [0.1, 0.15) is 37.0 Å². The van der Waals surface area contributed by atoms with Crippen molar-refractivity contribution in [3.05, 3.63) is 39.2 Å². The molecule has 0 amide bonds. The van der Waals surface area contributed by atoms with Crippen LogP contribution in [-0.2, 0) is 11.3 Å². The molecular formula is C18H24ClNO5. The number of hydrogen-bond donors (Lipinski definition) is 3. The minimum absolute atomic E-state index is 0. The maximum absolute atomic E-state index is 12.0. The van der Waals surface area contributed by atoms with Crippen LogP contribution in [0.15, 0.2) is 21.3 Å². The summed E-state index contributed by atoms with van der Waals surface area (Å²) in [7, 11) is 0. The number of phenols is 1. The molecule has 0 aliphatic heterocycles. The van der Waals surface area contributed by atoms with E-state index in [9.17, 15) is 19.8 Å². The molecule has 2 atom stereocenters. The van der Waals surface area contributed by atoms with Crippen molar-refractivity contribution in [3.63, 3.8) is 0 Å². The topological polar surface area (TPSA) is 99.8 Å². The highest BCUT2D eigenvalue weighted by molar-refractivity contribution is 5.86. The molecule has 1 heterocycles. The van der Waals surface area contributed by atoms with Crippen molar-refractivity contribution >= 4 is 29.3 Å². The summed E-state index contributed by atoms with van der Waals surface area (Å²) < 4.78 is 5.36. The van der Waals surface area contributed by atoms with Gasteiger partial charge in [0.15, 0.2) is 0 Å². The summed E-state index contributed by atoms with van der Waals surface area (Å²) in [4.78, 5) is 23.4. The number of nitrogens with one attached hydrogen (secondary N) is 1. The number of carboxylic acids is 1. The maximum atomic E-state index is 12.0. The van der Waals surface area contributed by atoms with Gasteiger partial charge in [0.1, 0.15) is 17.4 Å². The van der Waals surface area contributed by atoms with Gasteiger partial charge in [0.25, 0.3) is 0 Å². The summed E-state index contributed by atoms with van der Waals surface area (Å²) in [6.07, 6.45) is 0.707. The Bertz CT molecular complexity index is 830. The highest BCUT2D eigenvalue weighted by atomic mass is 35.5. The number of rotatable bonds is 6. The van der Waals surface area contributed by atoms with E-state index in [2.05, 4.69) is 5.32 Å². The average molecular weight is 370 g/mol. The summed E-state index contributed by atoms with van der Waals surface area (Å²) in [6.45, 7) is 7.37. The van der Waals surface area contributed by atoms with Gasteiger partial charge < -0.3 is 14.6 Å². The lowest BCUT2D eigenvalue weighted by atomic mass is 9.98. The third-order valence-corrected chi connectivity index (χ3v) is 4.68. The van der Waals surface area contributed by atoms with Crippen molar-refractivity contribution in [1.29, 1.82) is 0 Å². The molecule has 25 heavy (non-hydrogen) atoms.